The maximum Gasteiger partial charge on any atom is 0.273 e. The summed E-state index contributed by atoms with van der Waals surface area (Å²) in [6.07, 6.45) is 0. The zero-order valence-corrected chi connectivity index (χ0v) is 7.96. The molecule has 0 unspecified atom stereocenters. The zero-order valence-electron chi connectivity index (χ0n) is 7.20. The minimum atomic E-state index is 0.0631. The molecule has 0 N–H and O–H groups in total. The molecule has 0 aliphatic carbocycles. The van der Waals surface area contributed by atoms with Crippen LogP contribution in [-0.2, 0) is 16.1 Å². The van der Waals surface area contributed by atoms with Crippen LogP contribution in [0.15, 0.2) is 42.9 Å². The molecule has 0 bridgehead atoms. The van der Waals surface area contributed by atoms with Crippen LogP contribution in [0, 0.1) is 0 Å². The number of benzene rings is 1. The highest BCUT2D eigenvalue weighted by Crippen LogP contribution is 2.05. The lowest BCUT2D eigenvalue weighted by atomic mass is 10.2. The zero-order chi connectivity index (χ0) is 9.52. The molecule has 1 rings (SSSR count). The Hall–Kier alpha value is -1.15. The fourth-order valence-electron chi connectivity index (χ4n) is 0.841. The van der Waals surface area contributed by atoms with Crippen molar-refractivity contribution in [2.24, 2.45) is 0 Å². The number of rotatable bonds is 5. The van der Waals surface area contributed by atoms with Gasteiger partial charge in [-0.05, 0) is 12.1 Å². The lowest BCUT2D eigenvalue weighted by Crippen LogP contribution is -1.95. The summed E-state index contributed by atoms with van der Waals surface area (Å²) >= 11 is 5.32. The molecule has 0 heterocycles. The van der Waals surface area contributed by atoms with Crippen molar-refractivity contribution in [3.8, 4) is 0 Å². The molecular formula is C10H11ClO2. The smallest absolute Gasteiger partial charge is 0.273 e. The monoisotopic (exact) mass is 198 g/mol. The van der Waals surface area contributed by atoms with Crippen LogP contribution in [0.4, 0.5) is 0 Å². The van der Waals surface area contributed by atoms with Gasteiger partial charge < -0.3 is 9.47 Å². The van der Waals surface area contributed by atoms with Gasteiger partial charge in [0.15, 0.2) is 6.07 Å². The first kappa shape index (κ1) is 9.93. The third-order valence-electron chi connectivity index (χ3n) is 1.46. The Kier molecular flexibility index (Phi) is 4.19. The highest BCUT2D eigenvalue weighted by Gasteiger charge is 1.95. The van der Waals surface area contributed by atoms with E-state index >= 15 is 0 Å². The van der Waals surface area contributed by atoms with Gasteiger partial charge in [0.1, 0.15) is 6.61 Å². The summed E-state index contributed by atoms with van der Waals surface area (Å²) in [5, 5.41) is 0. The molecule has 0 aromatic heterocycles. The van der Waals surface area contributed by atoms with E-state index in [0.29, 0.717) is 6.61 Å². The first-order valence-electron chi connectivity index (χ1n) is 3.87. The standard InChI is InChI=1S/C10H11ClO2/c1-9(13-8-11)12-7-10-5-3-2-4-6-10/h2-6H,1,7-8H2. The molecule has 0 radical (unpaired) electrons. The van der Waals surface area contributed by atoms with Crippen molar-refractivity contribution < 1.29 is 9.47 Å². The Morgan fingerprint density at radius 3 is 2.54 bits per heavy atom. The Balaban J connectivity index is 2.31. The molecule has 0 amide bonds. The van der Waals surface area contributed by atoms with Crippen LogP contribution in [0.5, 0.6) is 0 Å². The minimum Gasteiger partial charge on any atom is -0.461 e. The van der Waals surface area contributed by atoms with Gasteiger partial charge in [0.05, 0.1) is 0 Å². The van der Waals surface area contributed by atoms with Crippen LogP contribution in [0.25, 0.3) is 0 Å². The molecular weight excluding hydrogens is 188 g/mol. The van der Waals surface area contributed by atoms with Crippen molar-refractivity contribution in [2.75, 3.05) is 6.07 Å². The summed E-state index contributed by atoms with van der Waals surface area (Å²) in [7, 11) is 0. The lowest BCUT2D eigenvalue weighted by molar-refractivity contribution is 0.0472. The normalized spacial score (nSPS) is 9.31. The summed E-state index contributed by atoms with van der Waals surface area (Å²) in [5.74, 6) is 0.249. The van der Waals surface area contributed by atoms with E-state index in [1.165, 1.54) is 0 Å². The topological polar surface area (TPSA) is 18.5 Å². The van der Waals surface area contributed by atoms with Gasteiger partial charge in [-0.3, -0.25) is 0 Å². The van der Waals surface area contributed by atoms with E-state index in [2.05, 4.69) is 6.58 Å². The first-order chi connectivity index (χ1) is 6.33. The second kappa shape index (κ2) is 5.49. The predicted octanol–water partition coefficient (Wildman–Crippen LogP) is 2.89. The van der Waals surface area contributed by atoms with Crippen LogP contribution in [0.2, 0.25) is 0 Å². The highest BCUT2D eigenvalue weighted by atomic mass is 35.5. The van der Waals surface area contributed by atoms with E-state index < -0.39 is 0 Å². The van der Waals surface area contributed by atoms with E-state index in [0.717, 1.165) is 5.56 Å². The summed E-state index contributed by atoms with van der Waals surface area (Å²) in [4.78, 5) is 0. The van der Waals surface area contributed by atoms with Crippen molar-refractivity contribution in [3.63, 3.8) is 0 Å². The Morgan fingerprint density at radius 1 is 1.23 bits per heavy atom. The van der Waals surface area contributed by atoms with Crippen molar-refractivity contribution in [3.05, 3.63) is 48.4 Å². The maximum atomic E-state index is 5.32. The van der Waals surface area contributed by atoms with E-state index in [-0.39, 0.29) is 12.0 Å². The van der Waals surface area contributed by atoms with E-state index in [1.54, 1.807) is 0 Å². The number of ether oxygens (including phenoxy) is 2. The Labute approximate surface area is 82.7 Å². The van der Waals surface area contributed by atoms with Gasteiger partial charge in [0.25, 0.3) is 5.95 Å². The first-order valence-corrected chi connectivity index (χ1v) is 4.41. The number of hydrogen-bond donors (Lipinski definition) is 0. The third kappa shape index (κ3) is 3.85. The van der Waals surface area contributed by atoms with Gasteiger partial charge in [0.2, 0.25) is 0 Å². The second-order valence-corrected chi connectivity index (χ2v) is 2.62. The molecule has 0 spiro atoms. The molecule has 0 aliphatic heterocycles. The molecule has 0 fully saturated rings. The molecule has 13 heavy (non-hydrogen) atoms. The lowest BCUT2D eigenvalue weighted by Gasteiger charge is -2.07. The van der Waals surface area contributed by atoms with Crippen LogP contribution in [0.3, 0.4) is 0 Å². The van der Waals surface area contributed by atoms with Gasteiger partial charge in [0, 0.05) is 0 Å². The molecule has 70 valence electrons. The molecule has 0 aliphatic rings. The maximum absolute atomic E-state index is 5.32. The third-order valence-corrected chi connectivity index (χ3v) is 1.57. The molecule has 1 aromatic carbocycles. The molecule has 0 atom stereocenters. The van der Waals surface area contributed by atoms with Gasteiger partial charge in [-0.15, -0.1) is 0 Å². The summed E-state index contributed by atoms with van der Waals surface area (Å²) in [5.41, 5.74) is 1.07. The summed E-state index contributed by atoms with van der Waals surface area (Å²) in [6, 6.07) is 9.84. The minimum absolute atomic E-state index is 0.0631. The van der Waals surface area contributed by atoms with Crippen LogP contribution in [0.1, 0.15) is 5.56 Å². The van der Waals surface area contributed by atoms with Gasteiger partial charge in [-0.1, -0.05) is 41.9 Å². The molecule has 3 heteroatoms. The average Bonchev–Trinajstić information content (AvgIpc) is 2.17. The summed E-state index contributed by atoms with van der Waals surface area (Å²) < 4.78 is 9.98. The molecule has 0 saturated heterocycles. The van der Waals surface area contributed by atoms with Crippen molar-refractivity contribution in [1.82, 2.24) is 0 Å². The van der Waals surface area contributed by atoms with Crippen LogP contribution >= 0.6 is 11.6 Å². The fourth-order valence-corrected chi connectivity index (χ4v) is 0.962. The van der Waals surface area contributed by atoms with Gasteiger partial charge in [-0.2, -0.15) is 0 Å². The fraction of sp³-hybridized carbons (Fsp3) is 0.200. The molecule has 2 nitrogen and oxygen atoms in total. The van der Waals surface area contributed by atoms with Crippen molar-refractivity contribution >= 4 is 11.6 Å². The SMILES string of the molecule is C=C(OCCl)OCc1ccccc1. The van der Waals surface area contributed by atoms with Crippen molar-refractivity contribution in [2.45, 2.75) is 6.61 Å². The van der Waals surface area contributed by atoms with E-state index in [1.807, 2.05) is 30.3 Å². The van der Waals surface area contributed by atoms with E-state index in [4.69, 9.17) is 21.1 Å². The number of hydrogen-bond acceptors (Lipinski definition) is 2. The van der Waals surface area contributed by atoms with Gasteiger partial charge in [-0.25, -0.2) is 0 Å². The quantitative estimate of drug-likeness (QED) is 0.535. The summed E-state index contributed by atoms with van der Waals surface area (Å²) in [6.45, 7) is 3.99. The van der Waals surface area contributed by atoms with Crippen LogP contribution < -0.4 is 0 Å². The van der Waals surface area contributed by atoms with E-state index in [9.17, 15) is 0 Å². The highest BCUT2D eigenvalue weighted by molar-refractivity contribution is 6.17. The Bertz CT molecular complexity index is 259. The largest absolute Gasteiger partial charge is 0.461 e. The number of halogens is 1. The number of alkyl halides is 1. The predicted molar refractivity (Wildman–Crippen MR) is 52.2 cm³/mol. The molecule has 1 aromatic rings. The van der Waals surface area contributed by atoms with Crippen molar-refractivity contribution in [1.29, 1.82) is 0 Å². The Morgan fingerprint density at radius 2 is 1.92 bits per heavy atom. The molecule has 0 saturated carbocycles. The second-order valence-electron chi connectivity index (χ2n) is 2.40. The average molecular weight is 199 g/mol. The van der Waals surface area contributed by atoms with Gasteiger partial charge >= 0.3 is 0 Å². The van der Waals surface area contributed by atoms with Crippen LogP contribution in [-0.4, -0.2) is 6.07 Å².